The average Bonchev–Trinajstić information content (AvgIpc) is 3.26. The molecule has 2 saturated heterocycles. The lowest BCUT2D eigenvalue weighted by Gasteiger charge is -2.24. The maximum absolute atomic E-state index is 12.9. The zero-order valence-corrected chi connectivity index (χ0v) is 17.4. The van der Waals surface area contributed by atoms with Crippen molar-refractivity contribution in [3.05, 3.63) is 12.7 Å². The fourth-order valence-electron chi connectivity index (χ4n) is 3.35. The number of ketones is 1. The summed E-state index contributed by atoms with van der Waals surface area (Å²) in [6.45, 7) is 7.56. The van der Waals surface area contributed by atoms with Gasteiger partial charge in [0.1, 0.15) is 6.04 Å². The molecule has 2 heterocycles. The van der Waals surface area contributed by atoms with Gasteiger partial charge in [-0.25, -0.2) is 0 Å². The molecule has 0 saturated carbocycles. The second-order valence-electron chi connectivity index (χ2n) is 6.69. The highest BCUT2D eigenvalue weighted by atomic mass is 32.2. The monoisotopic (exact) mass is 413 g/mol. The molecule has 2 aliphatic rings. The van der Waals surface area contributed by atoms with Crippen LogP contribution in [0.1, 0.15) is 33.1 Å². The van der Waals surface area contributed by atoms with E-state index in [4.69, 9.17) is 0 Å². The second-order valence-corrected chi connectivity index (χ2v) is 9.90. The number of amides is 3. The fourth-order valence-corrected chi connectivity index (χ4v) is 6.60. The van der Waals surface area contributed by atoms with Gasteiger partial charge in [-0.15, -0.1) is 30.1 Å². The number of nitrogens with zero attached hydrogens (tertiary/aromatic N) is 1. The van der Waals surface area contributed by atoms with Crippen LogP contribution in [-0.4, -0.2) is 69.2 Å². The van der Waals surface area contributed by atoms with Crippen LogP contribution < -0.4 is 10.6 Å². The van der Waals surface area contributed by atoms with E-state index in [0.29, 0.717) is 25.8 Å². The van der Waals surface area contributed by atoms with Crippen LogP contribution in [0.5, 0.6) is 0 Å². The number of hydrogen-bond acceptors (Lipinski definition) is 6. The lowest BCUT2D eigenvalue weighted by Crippen LogP contribution is -2.53. The number of likely N-dealkylation sites (tertiary alicyclic amines) is 1. The van der Waals surface area contributed by atoms with E-state index in [1.165, 1.54) is 13.0 Å². The van der Waals surface area contributed by atoms with Crippen LogP contribution in [0, 0.1) is 0 Å². The molecular formula is C18H27N3O4S2. The summed E-state index contributed by atoms with van der Waals surface area (Å²) in [4.78, 5) is 50.9. The molecule has 7 nitrogen and oxygen atoms in total. The number of thioether (sulfide) groups is 2. The minimum Gasteiger partial charge on any atom is -0.346 e. The highest BCUT2D eigenvalue weighted by Crippen LogP contribution is 2.51. The van der Waals surface area contributed by atoms with Gasteiger partial charge in [-0.1, -0.05) is 19.4 Å². The summed E-state index contributed by atoms with van der Waals surface area (Å²) in [5, 5.41) is 5.17. The predicted octanol–water partition coefficient (Wildman–Crippen LogP) is 0.940. The minimum absolute atomic E-state index is 0.140. The van der Waals surface area contributed by atoms with Crippen molar-refractivity contribution in [2.24, 2.45) is 0 Å². The number of carbonyl (C=O) groups is 4. The molecule has 2 N–H and O–H groups in total. The first-order valence-electron chi connectivity index (χ1n) is 9.12. The molecule has 3 amide bonds. The minimum atomic E-state index is -0.887. The zero-order chi connectivity index (χ0) is 20.0. The Labute approximate surface area is 168 Å². The Morgan fingerprint density at radius 2 is 1.96 bits per heavy atom. The maximum Gasteiger partial charge on any atom is 0.289 e. The highest BCUT2D eigenvalue weighted by molar-refractivity contribution is 8.21. The van der Waals surface area contributed by atoms with Crippen LogP contribution in [0.15, 0.2) is 12.7 Å². The third kappa shape index (κ3) is 5.28. The summed E-state index contributed by atoms with van der Waals surface area (Å²) >= 11 is 3.59. The first kappa shape index (κ1) is 21.8. The molecule has 0 aliphatic carbocycles. The Kier molecular flexibility index (Phi) is 7.79. The van der Waals surface area contributed by atoms with Gasteiger partial charge in [0.15, 0.2) is 0 Å². The zero-order valence-electron chi connectivity index (χ0n) is 15.8. The summed E-state index contributed by atoms with van der Waals surface area (Å²) < 4.78 is -0.140. The number of rotatable bonds is 8. The van der Waals surface area contributed by atoms with Gasteiger partial charge in [-0.2, -0.15) is 0 Å². The molecule has 27 heavy (non-hydrogen) atoms. The van der Waals surface area contributed by atoms with Gasteiger partial charge in [0, 0.05) is 37.9 Å². The molecule has 2 fully saturated rings. The average molecular weight is 414 g/mol. The summed E-state index contributed by atoms with van der Waals surface area (Å²) in [6.07, 6.45) is 3.05. The van der Waals surface area contributed by atoms with E-state index in [1.54, 1.807) is 28.4 Å². The van der Waals surface area contributed by atoms with Crippen LogP contribution in [0.25, 0.3) is 0 Å². The molecule has 1 spiro atoms. The molecule has 9 heteroatoms. The van der Waals surface area contributed by atoms with Crippen molar-refractivity contribution in [2.45, 2.75) is 49.3 Å². The first-order chi connectivity index (χ1) is 12.8. The van der Waals surface area contributed by atoms with Crippen molar-refractivity contribution in [3.8, 4) is 0 Å². The van der Waals surface area contributed by atoms with Crippen molar-refractivity contribution >= 4 is 47.0 Å². The van der Waals surface area contributed by atoms with E-state index in [-0.39, 0.29) is 22.4 Å². The van der Waals surface area contributed by atoms with Crippen LogP contribution >= 0.6 is 23.5 Å². The van der Waals surface area contributed by atoms with Gasteiger partial charge in [0.05, 0.1) is 10.1 Å². The van der Waals surface area contributed by atoms with Gasteiger partial charge in [0.25, 0.3) is 5.91 Å². The Morgan fingerprint density at radius 1 is 1.30 bits per heavy atom. The van der Waals surface area contributed by atoms with Crippen LogP contribution in [0.3, 0.4) is 0 Å². The lowest BCUT2D eigenvalue weighted by atomic mass is 10.1. The smallest absolute Gasteiger partial charge is 0.289 e. The quantitative estimate of drug-likeness (QED) is 0.454. The summed E-state index contributed by atoms with van der Waals surface area (Å²) in [5.74, 6) is 0.0948. The van der Waals surface area contributed by atoms with Crippen molar-refractivity contribution in [1.82, 2.24) is 15.5 Å². The molecule has 150 valence electrons. The topological polar surface area (TPSA) is 95.6 Å². The molecule has 0 aromatic carbocycles. The largest absolute Gasteiger partial charge is 0.346 e. The molecule has 0 aromatic heterocycles. The molecular weight excluding hydrogens is 386 g/mol. The van der Waals surface area contributed by atoms with Gasteiger partial charge < -0.3 is 15.5 Å². The molecule has 2 unspecified atom stereocenters. The first-order valence-corrected chi connectivity index (χ1v) is 11.1. The van der Waals surface area contributed by atoms with Crippen molar-refractivity contribution < 1.29 is 19.2 Å². The van der Waals surface area contributed by atoms with E-state index in [9.17, 15) is 19.2 Å². The third-order valence-corrected chi connectivity index (χ3v) is 8.08. The van der Waals surface area contributed by atoms with E-state index in [1.807, 2.05) is 6.92 Å². The normalized spacial score (nSPS) is 21.7. The lowest BCUT2D eigenvalue weighted by molar-refractivity contribution is -0.141. The van der Waals surface area contributed by atoms with Gasteiger partial charge in [0.2, 0.25) is 17.6 Å². The molecule has 0 bridgehead atoms. The van der Waals surface area contributed by atoms with E-state index in [0.717, 1.165) is 11.5 Å². The maximum atomic E-state index is 12.9. The Balaban J connectivity index is 2.08. The third-order valence-electron chi connectivity index (χ3n) is 4.65. The Hall–Kier alpha value is -1.48. The summed E-state index contributed by atoms with van der Waals surface area (Å²) in [7, 11) is 0. The summed E-state index contributed by atoms with van der Waals surface area (Å²) in [5.41, 5.74) is 0. The highest BCUT2D eigenvalue weighted by Gasteiger charge is 2.50. The van der Waals surface area contributed by atoms with E-state index in [2.05, 4.69) is 17.2 Å². The molecule has 2 rings (SSSR count). The molecule has 0 aromatic rings. The van der Waals surface area contributed by atoms with Crippen molar-refractivity contribution in [2.75, 3.05) is 24.6 Å². The van der Waals surface area contributed by atoms with E-state index >= 15 is 0 Å². The van der Waals surface area contributed by atoms with Gasteiger partial charge in [-0.3, -0.25) is 19.2 Å². The number of hydrogen-bond donors (Lipinski definition) is 2. The van der Waals surface area contributed by atoms with E-state index < -0.39 is 23.8 Å². The molecule has 2 atom stereocenters. The Morgan fingerprint density at radius 3 is 2.52 bits per heavy atom. The molecule has 0 radical (unpaired) electrons. The van der Waals surface area contributed by atoms with Gasteiger partial charge >= 0.3 is 0 Å². The number of Topliss-reactive ketones (excluding diaryl/α,β-unsaturated/α-hetero) is 1. The SMILES string of the molecule is C=CCNC(=O)C(=O)C(CCC)NC(=O)C1CC2(CN1C(C)=O)SCCS2. The van der Waals surface area contributed by atoms with Crippen molar-refractivity contribution in [1.29, 1.82) is 0 Å². The standard InChI is InChI=1S/C18H27N3O4S2/c1-4-6-13(15(23)17(25)19-7-5-2)20-16(24)14-10-18(26-8-9-27-18)11-21(14)12(3)22/h5,13-14H,2,4,6-11H2,1,3H3,(H,19,25)(H,20,24). The number of nitrogens with one attached hydrogen (secondary N) is 2. The van der Waals surface area contributed by atoms with Crippen LogP contribution in [-0.2, 0) is 19.2 Å². The fraction of sp³-hybridized carbons (Fsp3) is 0.667. The van der Waals surface area contributed by atoms with Crippen molar-refractivity contribution in [3.63, 3.8) is 0 Å². The predicted molar refractivity (Wildman–Crippen MR) is 108 cm³/mol. The second kappa shape index (κ2) is 9.64. The molecule has 2 aliphatic heterocycles. The Bertz CT molecular complexity index is 620. The van der Waals surface area contributed by atoms with Crippen LogP contribution in [0.2, 0.25) is 0 Å². The van der Waals surface area contributed by atoms with Crippen LogP contribution in [0.4, 0.5) is 0 Å². The summed E-state index contributed by atoms with van der Waals surface area (Å²) in [6, 6.07) is -1.49. The van der Waals surface area contributed by atoms with Gasteiger partial charge in [-0.05, 0) is 6.42 Å². The number of carbonyl (C=O) groups excluding carboxylic acids is 4.